The molecule has 0 aliphatic carbocycles. The van der Waals surface area contributed by atoms with Crippen LogP contribution < -0.4 is 10.1 Å². The summed E-state index contributed by atoms with van der Waals surface area (Å²) in [4.78, 5) is 0. The van der Waals surface area contributed by atoms with Crippen LogP contribution in [0.5, 0.6) is 5.75 Å². The maximum Gasteiger partial charge on any atom is 0.124 e. The molecule has 1 aromatic rings. The van der Waals surface area contributed by atoms with Crippen LogP contribution in [-0.4, -0.2) is 14.2 Å². The SMILES string of the molecule is C#CC(NC)c1ccccc1OC. The Balaban J connectivity index is 3.05. The lowest BCUT2D eigenvalue weighted by molar-refractivity contribution is 0.406. The largest absolute Gasteiger partial charge is 0.496 e. The van der Waals surface area contributed by atoms with Gasteiger partial charge in [-0.1, -0.05) is 24.1 Å². The highest BCUT2D eigenvalue weighted by molar-refractivity contribution is 5.39. The molecule has 0 aromatic heterocycles. The minimum atomic E-state index is -0.0869. The lowest BCUT2D eigenvalue weighted by atomic mass is 10.1. The zero-order chi connectivity index (χ0) is 9.68. The maximum atomic E-state index is 5.37. The molecule has 13 heavy (non-hydrogen) atoms. The Bertz CT molecular complexity index is 314. The van der Waals surface area contributed by atoms with Crippen molar-refractivity contribution >= 4 is 0 Å². The summed E-state index contributed by atoms with van der Waals surface area (Å²) >= 11 is 0. The van der Waals surface area contributed by atoms with Gasteiger partial charge in [0.25, 0.3) is 0 Å². The van der Waals surface area contributed by atoms with Crippen molar-refractivity contribution in [2.45, 2.75) is 6.04 Å². The smallest absolute Gasteiger partial charge is 0.124 e. The lowest BCUT2D eigenvalue weighted by Crippen LogP contribution is -2.14. The van der Waals surface area contributed by atoms with Crippen LogP contribution in [-0.2, 0) is 0 Å². The van der Waals surface area contributed by atoms with E-state index in [0.717, 1.165) is 11.3 Å². The molecule has 1 atom stereocenters. The van der Waals surface area contributed by atoms with E-state index in [-0.39, 0.29) is 6.04 Å². The lowest BCUT2D eigenvalue weighted by Gasteiger charge is -2.13. The molecule has 68 valence electrons. The zero-order valence-electron chi connectivity index (χ0n) is 7.87. The van der Waals surface area contributed by atoms with Crippen LogP contribution in [0.3, 0.4) is 0 Å². The molecule has 1 unspecified atom stereocenters. The Hall–Kier alpha value is -1.46. The minimum Gasteiger partial charge on any atom is -0.496 e. The van der Waals surface area contributed by atoms with Gasteiger partial charge in [-0.2, -0.15) is 0 Å². The van der Waals surface area contributed by atoms with Crippen LogP contribution in [0.15, 0.2) is 24.3 Å². The fraction of sp³-hybridized carbons (Fsp3) is 0.273. The van der Waals surface area contributed by atoms with E-state index in [4.69, 9.17) is 11.2 Å². The Morgan fingerprint density at radius 2 is 2.15 bits per heavy atom. The monoisotopic (exact) mass is 175 g/mol. The summed E-state index contributed by atoms with van der Waals surface area (Å²) in [6.45, 7) is 0. The molecule has 0 radical (unpaired) electrons. The van der Waals surface area contributed by atoms with E-state index >= 15 is 0 Å². The molecular formula is C11H13NO. The molecule has 1 aromatic carbocycles. The van der Waals surface area contributed by atoms with E-state index in [1.54, 1.807) is 7.11 Å². The number of hydrogen-bond acceptors (Lipinski definition) is 2. The first-order valence-corrected chi connectivity index (χ1v) is 4.09. The molecule has 0 amide bonds. The normalized spacial score (nSPS) is 11.8. The molecule has 0 saturated heterocycles. The second kappa shape index (κ2) is 4.54. The molecule has 0 spiro atoms. The van der Waals surface area contributed by atoms with Crippen molar-refractivity contribution < 1.29 is 4.74 Å². The minimum absolute atomic E-state index is 0.0869. The Kier molecular flexibility index (Phi) is 3.36. The Morgan fingerprint density at radius 1 is 1.46 bits per heavy atom. The van der Waals surface area contributed by atoms with E-state index in [0.29, 0.717) is 0 Å². The average molecular weight is 175 g/mol. The van der Waals surface area contributed by atoms with Crippen molar-refractivity contribution in [1.29, 1.82) is 0 Å². The summed E-state index contributed by atoms with van der Waals surface area (Å²) in [5.74, 6) is 3.47. The molecule has 0 heterocycles. The highest BCUT2D eigenvalue weighted by Crippen LogP contribution is 2.23. The second-order valence-corrected chi connectivity index (χ2v) is 2.63. The number of rotatable bonds is 3. The Labute approximate surface area is 78.9 Å². The van der Waals surface area contributed by atoms with Gasteiger partial charge in [-0.3, -0.25) is 0 Å². The van der Waals surface area contributed by atoms with E-state index in [1.165, 1.54) is 0 Å². The number of hydrogen-bond donors (Lipinski definition) is 1. The summed E-state index contributed by atoms with van der Waals surface area (Å²) < 4.78 is 5.19. The van der Waals surface area contributed by atoms with Gasteiger partial charge in [-0.15, -0.1) is 6.42 Å². The van der Waals surface area contributed by atoms with Crippen LogP contribution >= 0.6 is 0 Å². The summed E-state index contributed by atoms with van der Waals surface area (Å²) in [7, 11) is 3.47. The zero-order valence-corrected chi connectivity index (χ0v) is 7.87. The quantitative estimate of drug-likeness (QED) is 0.704. The van der Waals surface area contributed by atoms with Gasteiger partial charge in [0, 0.05) is 5.56 Å². The second-order valence-electron chi connectivity index (χ2n) is 2.63. The van der Waals surface area contributed by atoms with Gasteiger partial charge in [0.2, 0.25) is 0 Å². The van der Waals surface area contributed by atoms with E-state index in [9.17, 15) is 0 Å². The van der Waals surface area contributed by atoms with Crippen LogP contribution in [0.1, 0.15) is 11.6 Å². The molecule has 0 fully saturated rings. The molecule has 0 saturated carbocycles. The fourth-order valence-corrected chi connectivity index (χ4v) is 1.23. The molecule has 0 aliphatic heterocycles. The van der Waals surface area contributed by atoms with Gasteiger partial charge in [-0.25, -0.2) is 0 Å². The molecule has 0 bridgehead atoms. The third kappa shape index (κ3) is 2.01. The summed E-state index contributed by atoms with van der Waals surface area (Å²) in [6, 6.07) is 7.64. The summed E-state index contributed by atoms with van der Waals surface area (Å²) in [5.41, 5.74) is 0.995. The Morgan fingerprint density at radius 3 is 2.69 bits per heavy atom. The molecular weight excluding hydrogens is 162 g/mol. The predicted octanol–water partition coefficient (Wildman–Crippen LogP) is 1.59. The highest BCUT2D eigenvalue weighted by Gasteiger charge is 2.09. The van der Waals surface area contributed by atoms with Gasteiger partial charge in [0.1, 0.15) is 5.75 Å². The van der Waals surface area contributed by atoms with Crippen molar-refractivity contribution in [2.75, 3.05) is 14.2 Å². The summed E-state index contributed by atoms with van der Waals surface area (Å²) in [5, 5.41) is 3.03. The molecule has 1 rings (SSSR count). The first-order valence-electron chi connectivity index (χ1n) is 4.09. The number of benzene rings is 1. The fourth-order valence-electron chi connectivity index (χ4n) is 1.23. The molecule has 1 N–H and O–H groups in total. The summed E-state index contributed by atoms with van der Waals surface area (Å²) in [6.07, 6.45) is 5.37. The van der Waals surface area contributed by atoms with Crippen molar-refractivity contribution in [3.8, 4) is 18.1 Å². The van der Waals surface area contributed by atoms with Gasteiger partial charge in [-0.05, 0) is 13.1 Å². The topological polar surface area (TPSA) is 21.3 Å². The van der Waals surface area contributed by atoms with Crippen LogP contribution in [0.4, 0.5) is 0 Å². The van der Waals surface area contributed by atoms with Crippen molar-refractivity contribution in [3.63, 3.8) is 0 Å². The molecule has 0 aliphatic rings. The number of ether oxygens (including phenoxy) is 1. The first-order chi connectivity index (χ1) is 6.33. The van der Waals surface area contributed by atoms with Crippen molar-refractivity contribution in [3.05, 3.63) is 29.8 Å². The predicted molar refractivity (Wildman–Crippen MR) is 53.6 cm³/mol. The maximum absolute atomic E-state index is 5.37. The van der Waals surface area contributed by atoms with Gasteiger partial charge in [0.05, 0.1) is 13.2 Å². The number of methoxy groups -OCH3 is 1. The number of terminal acetylenes is 1. The van der Waals surface area contributed by atoms with Crippen molar-refractivity contribution in [2.24, 2.45) is 0 Å². The number of para-hydroxylation sites is 1. The molecule has 2 nitrogen and oxygen atoms in total. The van der Waals surface area contributed by atoms with Gasteiger partial charge < -0.3 is 10.1 Å². The van der Waals surface area contributed by atoms with Gasteiger partial charge in [0.15, 0.2) is 0 Å². The van der Waals surface area contributed by atoms with Crippen LogP contribution in [0.2, 0.25) is 0 Å². The van der Waals surface area contributed by atoms with E-state index < -0.39 is 0 Å². The number of nitrogens with one attached hydrogen (secondary N) is 1. The average Bonchev–Trinajstić information content (AvgIpc) is 2.20. The van der Waals surface area contributed by atoms with E-state index in [2.05, 4.69) is 11.2 Å². The van der Waals surface area contributed by atoms with E-state index in [1.807, 2.05) is 31.3 Å². The van der Waals surface area contributed by atoms with Crippen LogP contribution in [0, 0.1) is 12.3 Å². The third-order valence-electron chi connectivity index (χ3n) is 1.91. The highest BCUT2D eigenvalue weighted by atomic mass is 16.5. The van der Waals surface area contributed by atoms with Crippen LogP contribution in [0.25, 0.3) is 0 Å². The van der Waals surface area contributed by atoms with Gasteiger partial charge >= 0.3 is 0 Å². The molecule has 2 heteroatoms. The first kappa shape index (κ1) is 9.63. The van der Waals surface area contributed by atoms with Crippen molar-refractivity contribution in [1.82, 2.24) is 5.32 Å². The standard InChI is InChI=1S/C11H13NO/c1-4-10(12-2)9-7-5-6-8-11(9)13-3/h1,5-8,10,12H,2-3H3. The third-order valence-corrected chi connectivity index (χ3v) is 1.91.